The molecule has 10 rings (SSSR count). The van der Waals surface area contributed by atoms with Crippen LogP contribution in [0.15, 0.2) is 218 Å². The summed E-state index contributed by atoms with van der Waals surface area (Å²) in [5.74, 6) is 0. The minimum absolute atomic E-state index is 1.09. The van der Waals surface area contributed by atoms with E-state index in [0.29, 0.717) is 0 Å². The average Bonchev–Trinajstić information content (AvgIpc) is 3.61. The van der Waals surface area contributed by atoms with Gasteiger partial charge in [0.05, 0.1) is 11.0 Å². The number of benzene rings is 9. The van der Waals surface area contributed by atoms with Gasteiger partial charge in [0, 0.05) is 33.5 Å². The van der Waals surface area contributed by atoms with Crippen LogP contribution in [0.3, 0.4) is 0 Å². The van der Waals surface area contributed by atoms with Crippen molar-refractivity contribution in [2.75, 3.05) is 4.90 Å². The summed E-state index contributed by atoms with van der Waals surface area (Å²) in [6.07, 6.45) is 0. The zero-order valence-corrected chi connectivity index (χ0v) is 29.7. The number of fused-ring (bicyclic) bond motifs is 5. The van der Waals surface area contributed by atoms with Crippen molar-refractivity contribution in [3.63, 3.8) is 0 Å². The maximum absolute atomic E-state index is 2.45. The average molecular weight is 689 g/mol. The van der Waals surface area contributed by atoms with Gasteiger partial charge < -0.3 is 9.47 Å². The van der Waals surface area contributed by atoms with Crippen molar-refractivity contribution in [3.05, 3.63) is 218 Å². The molecule has 2 heteroatoms. The van der Waals surface area contributed by atoms with Gasteiger partial charge in [-0.25, -0.2) is 0 Å². The molecule has 0 aliphatic rings. The Hall–Kier alpha value is -7.16. The second kappa shape index (κ2) is 13.4. The van der Waals surface area contributed by atoms with E-state index in [1.165, 1.54) is 66.0 Å². The molecule has 1 heterocycles. The fourth-order valence-corrected chi connectivity index (χ4v) is 8.05. The number of nitrogens with zero attached hydrogens (tertiary/aromatic N) is 2. The van der Waals surface area contributed by atoms with E-state index in [0.717, 1.165) is 22.7 Å². The highest BCUT2D eigenvalue weighted by atomic mass is 15.1. The monoisotopic (exact) mass is 688 g/mol. The molecule has 54 heavy (non-hydrogen) atoms. The second-order valence-corrected chi connectivity index (χ2v) is 13.8. The number of anilines is 3. The Kier molecular flexibility index (Phi) is 7.85. The quantitative estimate of drug-likeness (QED) is 0.162. The van der Waals surface area contributed by atoms with Gasteiger partial charge in [0.1, 0.15) is 0 Å². The lowest BCUT2D eigenvalue weighted by Gasteiger charge is -2.26. The summed E-state index contributed by atoms with van der Waals surface area (Å²) in [6, 6.07) is 78.8. The molecule has 0 bridgehead atoms. The van der Waals surface area contributed by atoms with E-state index < -0.39 is 0 Å². The molecule has 0 spiro atoms. The molecule has 0 fully saturated rings. The highest BCUT2D eigenvalue weighted by Gasteiger charge is 2.20. The van der Waals surface area contributed by atoms with E-state index >= 15 is 0 Å². The molecule has 0 aliphatic carbocycles. The van der Waals surface area contributed by atoms with Gasteiger partial charge in [-0.2, -0.15) is 0 Å². The smallest absolute Gasteiger partial charge is 0.0547 e. The molecule has 0 atom stereocenters. The lowest BCUT2D eigenvalue weighted by atomic mass is 9.97. The molecule has 1 aromatic heterocycles. The number of hydrogen-bond donors (Lipinski definition) is 0. The van der Waals surface area contributed by atoms with Gasteiger partial charge in [0.15, 0.2) is 0 Å². The van der Waals surface area contributed by atoms with E-state index in [1.54, 1.807) is 0 Å². The van der Waals surface area contributed by atoms with Gasteiger partial charge in [0.25, 0.3) is 0 Å². The van der Waals surface area contributed by atoms with Crippen molar-refractivity contribution in [1.82, 2.24) is 4.57 Å². The minimum atomic E-state index is 1.09. The van der Waals surface area contributed by atoms with E-state index in [1.807, 2.05) is 0 Å². The topological polar surface area (TPSA) is 8.17 Å². The Morgan fingerprint density at radius 1 is 0.315 bits per heavy atom. The summed E-state index contributed by atoms with van der Waals surface area (Å²) >= 11 is 0. The first kappa shape index (κ1) is 31.6. The molecule has 0 amide bonds. The van der Waals surface area contributed by atoms with Crippen molar-refractivity contribution in [3.8, 4) is 39.1 Å². The van der Waals surface area contributed by atoms with Crippen molar-refractivity contribution >= 4 is 49.6 Å². The van der Waals surface area contributed by atoms with Crippen molar-refractivity contribution in [2.24, 2.45) is 0 Å². The van der Waals surface area contributed by atoms with Crippen LogP contribution in [0, 0.1) is 0 Å². The maximum Gasteiger partial charge on any atom is 0.0547 e. The molecule has 254 valence electrons. The van der Waals surface area contributed by atoms with Crippen molar-refractivity contribution < 1.29 is 0 Å². The standard InChI is InChI=1S/C52H36N2/c1-4-14-37(15-5-1)39-26-31-43(32-27-39)53(44-33-28-40(29-34-44)38-16-6-2-7-17-38)45-21-12-22-46(36-45)54-49-25-13-24-48(41-18-8-3-9-19-41)51(49)52-47-23-11-10-20-42(47)30-35-50(52)54/h1-36H. The Morgan fingerprint density at radius 2 is 0.833 bits per heavy atom. The normalized spacial score (nSPS) is 11.3. The lowest BCUT2D eigenvalue weighted by molar-refractivity contribution is 1.17. The summed E-state index contributed by atoms with van der Waals surface area (Å²) in [5, 5.41) is 5.05. The largest absolute Gasteiger partial charge is 0.310 e. The third-order valence-corrected chi connectivity index (χ3v) is 10.6. The van der Waals surface area contributed by atoms with Crippen molar-refractivity contribution in [1.29, 1.82) is 0 Å². The Bertz CT molecular complexity index is 2810. The van der Waals surface area contributed by atoms with Crippen LogP contribution < -0.4 is 4.90 Å². The van der Waals surface area contributed by atoms with Crippen molar-refractivity contribution in [2.45, 2.75) is 0 Å². The number of aromatic nitrogens is 1. The molecule has 10 aromatic rings. The van der Waals surface area contributed by atoms with Crippen LogP contribution in [0.2, 0.25) is 0 Å². The number of rotatable bonds is 7. The highest BCUT2D eigenvalue weighted by Crippen LogP contribution is 2.43. The highest BCUT2D eigenvalue weighted by molar-refractivity contribution is 6.25. The van der Waals surface area contributed by atoms with Gasteiger partial charge >= 0.3 is 0 Å². The van der Waals surface area contributed by atoms with Crippen LogP contribution in [0.4, 0.5) is 17.1 Å². The molecule has 0 aliphatic heterocycles. The van der Waals surface area contributed by atoms with Crippen LogP contribution in [-0.4, -0.2) is 4.57 Å². The molecule has 0 radical (unpaired) electrons. The molecule has 0 saturated heterocycles. The van der Waals surface area contributed by atoms with Gasteiger partial charge in [0.2, 0.25) is 0 Å². The van der Waals surface area contributed by atoms with E-state index in [-0.39, 0.29) is 0 Å². The molecular formula is C52H36N2. The molecule has 2 nitrogen and oxygen atoms in total. The summed E-state index contributed by atoms with van der Waals surface area (Å²) in [6.45, 7) is 0. The Labute approximate surface area is 315 Å². The van der Waals surface area contributed by atoms with Gasteiger partial charge in [-0.15, -0.1) is 0 Å². The van der Waals surface area contributed by atoms with Crippen LogP contribution in [-0.2, 0) is 0 Å². The number of hydrogen-bond acceptors (Lipinski definition) is 1. The zero-order chi connectivity index (χ0) is 35.8. The summed E-state index contributed by atoms with van der Waals surface area (Å²) in [7, 11) is 0. The van der Waals surface area contributed by atoms with E-state index in [2.05, 4.69) is 228 Å². The van der Waals surface area contributed by atoms with Crippen LogP contribution in [0.5, 0.6) is 0 Å². The summed E-state index contributed by atoms with van der Waals surface area (Å²) in [5.41, 5.74) is 14.0. The third kappa shape index (κ3) is 5.53. The first-order valence-electron chi connectivity index (χ1n) is 18.5. The fourth-order valence-electron chi connectivity index (χ4n) is 8.05. The molecule has 9 aromatic carbocycles. The molecule has 0 N–H and O–H groups in total. The van der Waals surface area contributed by atoms with E-state index in [4.69, 9.17) is 0 Å². The predicted molar refractivity (Wildman–Crippen MR) is 229 cm³/mol. The SMILES string of the molecule is c1ccc(-c2ccc(N(c3ccc(-c4ccccc4)cc3)c3cccc(-n4c5cccc(-c6ccccc6)c5c5c6ccccc6ccc54)c3)cc2)cc1. The van der Waals surface area contributed by atoms with Gasteiger partial charge in [-0.05, 0) is 98.8 Å². The Balaban J connectivity index is 1.17. The zero-order valence-electron chi connectivity index (χ0n) is 29.7. The Morgan fingerprint density at radius 3 is 1.46 bits per heavy atom. The maximum atomic E-state index is 2.45. The predicted octanol–water partition coefficient (Wildman–Crippen LogP) is 14.4. The molecule has 0 unspecified atom stereocenters. The van der Waals surface area contributed by atoms with Crippen LogP contribution in [0.25, 0.3) is 71.6 Å². The lowest BCUT2D eigenvalue weighted by Crippen LogP contribution is -2.10. The molecular weight excluding hydrogens is 653 g/mol. The third-order valence-electron chi connectivity index (χ3n) is 10.6. The van der Waals surface area contributed by atoms with E-state index in [9.17, 15) is 0 Å². The minimum Gasteiger partial charge on any atom is -0.310 e. The first-order valence-corrected chi connectivity index (χ1v) is 18.5. The van der Waals surface area contributed by atoms with Gasteiger partial charge in [-0.3, -0.25) is 0 Å². The first-order chi connectivity index (χ1) is 26.8. The molecule has 0 saturated carbocycles. The summed E-state index contributed by atoms with van der Waals surface area (Å²) in [4.78, 5) is 2.37. The van der Waals surface area contributed by atoms with Crippen LogP contribution >= 0.6 is 0 Å². The fraction of sp³-hybridized carbons (Fsp3) is 0. The van der Waals surface area contributed by atoms with Gasteiger partial charge in [-0.1, -0.05) is 164 Å². The second-order valence-electron chi connectivity index (χ2n) is 13.8. The van der Waals surface area contributed by atoms with Crippen LogP contribution in [0.1, 0.15) is 0 Å². The summed E-state index contributed by atoms with van der Waals surface area (Å²) < 4.78 is 2.45.